The molecule has 18 heteroatoms. The summed E-state index contributed by atoms with van der Waals surface area (Å²) in [5.41, 5.74) is 7.69. The number of rotatable bonds is 21. The lowest BCUT2D eigenvalue weighted by molar-refractivity contribution is -0.145. The minimum absolute atomic E-state index is 0.0477. The number of carbonyl (C=O) groups excluding carboxylic acids is 6. The van der Waals surface area contributed by atoms with Crippen LogP contribution in [0.3, 0.4) is 0 Å². The number of hydrogen-bond acceptors (Lipinski definition) is 12. The number of amides is 6. The van der Waals surface area contributed by atoms with Crippen molar-refractivity contribution in [3.63, 3.8) is 0 Å². The van der Waals surface area contributed by atoms with Gasteiger partial charge in [-0.25, -0.2) is 9.59 Å². The first-order valence-electron chi connectivity index (χ1n) is 16.1. The molecule has 0 saturated heterocycles. The number of hydrogen-bond donors (Lipinski definition) is 4. The number of alkyl carbamates (subject to hydrolysis) is 1. The molecule has 0 bridgehead atoms. The Kier molecular flexibility index (Phi) is 20.5. The quantitative estimate of drug-likeness (QED) is 0.0815. The van der Waals surface area contributed by atoms with E-state index in [9.17, 15) is 28.8 Å². The van der Waals surface area contributed by atoms with Crippen LogP contribution in [-0.2, 0) is 49.5 Å². The number of primary amides is 1. The first-order valence-corrected chi connectivity index (χ1v) is 16.1. The molecular formula is C32H51N7O11. The van der Waals surface area contributed by atoms with Gasteiger partial charge in [-0.05, 0) is 39.7 Å². The van der Waals surface area contributed by atoms with Crippen molar-refractivity contribution < 1.29 is 52.5 Å². The summed E-state index contributed by atoms with van der Waals surface area (Å²) in [5, 5.41) is 12.8. The first-order chi connectivity index (χ1) is 23.6. The molecule has 0 aliphatic rings. The van der Waals surface area contributed by atoms with Crippen molar-refractivity contribution in [2.24, 2.45) is 16.0 Å². The lowest BCUT2D eigenvalue weighted by Crippen LogP contribution is -2.58. The minimum Gasteiger partial charge on any atom is -0.444 e. The first kappa shape index (κ1) is 43.3. The van der Waals surface area contributed by atoms with Crippen LogP contribution >= 0.6 is 0 Å². The van der Waals surface area contributed by atoms with Crippen LogP contribution in [0, 0.1) is 0 Å². The third-order valence-corrected chi connectivity index (χ3v) is 6.24. The van der Waals surface area contributed by atoms with E-state index in [1.165, 1.54) is 7.05 Å². The predicted octanol–water partition coefficient (Wildman–Crippen LogP) is 1.76. The van der Waals surface area contributed by atoms with E-state index in [-0.39, 0.29) is 33.0 Å². The molecule has 18 nitrogen and oxygen atoms in total. The molecule has 0 spiro atoms. The highest BCUT2D eigenvalue weighted by Crippen LogP contribution is 2.08. The molecule has 0 saturated carbocycles. The summed E-state index contributed by atoms with van der Waals surface area (Å²) in [4.78, 5) is 74.4. The highest BCUT2D eigenvalue weighted by molar-refractivity contribution is 5.92. The molecule has 0 aromatic heterocycles. The van der Waals surface area contributed by atoms with Gasteiger partial charge in [0.2, 0.25) is 11.8 Å². The van der Waals surface area contributed by atoms with Crippen LogP contribution in [0.15, 0.2) is 40.6 Å². The molecule has 0 aliphatic carbocycles. The van der Waals surface area contributed by atoms with Crippen LogP contribution in [0.25, 0.3) is 0 Å². The second-order valence-electron chi connectivity index (χ2n) is 11.9. The molecule has 1 aromatic rings. The van der Waals surface area contributed by atoms with Crippen molar-refractivity contribution in [3.8, 4) is 0 Å². The van der Waals surface area contributed by atoms with E-state index in [0.29, 0.717) is 18.6 Å². The summed E-state index contributed by atoms with van der Waals surface area (Å²) in [6.07, 6.45) is -1.58. The summed E-state index contributed by atoms with van der Waals surface area (Å²) in [6.45, 7) is 9.17. The van der Waals surface area contributed by atoms with Gasteiger partial charge >= 0.3 is 12.2 Å². The van der Waals surface area contributed by atoms with E-state index in [2.05, 4.69) is 26.3 Å². The molecule has 50 heavy (non-hydrogen) atoms. The van der Waals surface area contributed by atoms with Gasteiger partial charge in [0.05, 0.1) is 32.3 Å². The average molecular weight is 710 g/mol. The molecule has 1 aromatic carbocycles. The molecule has 0 aliphatic heterocycles. The summed E-state index contributed by atoms with van der Waals surface area (Å²) in [6, 6.07) is 5.95. The van der Waals surface area contributed by atoms with E-state index >= 15 is 0 Å². The van der Waals surface area contributed by atoms with Crippen molar-refractivity contribution in [1.82, 2.24) is 21.1 Å². The second kappa shape index (κ2) is 23.6. The summed E-state index contributed by atoms with van der Waals surface area (Å²) < 4.78 is 26.5. The highest BCUT2D eigenvalue weighted by Gasteiger charge is 2.31. The van der Waals surface area contributed by atoms with Gasteiger partial charge in [-0.2, -0.15) is 5.11 Å². The molecule has 5 N–H and O–H groups in total. The maximum absolute atomic E-state index is 13.3. The Morgan fingerprint density at radius 1 is 0.980 bits per heavy atom. The van der Waals surface area contributed by atoms with Crippen molar-refractivity contribution in [1.29, 1.82) is 0 Å². The number of unbranched alkanes of at least 4 members (excludes halogenated alkanes) is 1. The molecule has 0 fully saturated rings. The Hall–Kier alpha value is -4.68. The number of carbonyl (C=O) groups is 6. The summed E-state index contributed by atoms with van der Waals surface area (Å²) >= 11 is 0. The molecule has 6 amide bonds. The number of nitrogens with two attached hydrogens (primary N) is 1. The van der Waals surface area contributed by atoms with Crippen LogP contribution in [0.5, 0.6) is 0 Å². The monoisotopic (exact) mass is 709 g/mol. The third-order valence-electron chi connectivity index (χ3n) is 6.24. The van der Waals surface area contributed by atoms with Gasteiger partial charge in [-0.1, -0.05) is 48.8 Å². The number of benzene rings is 1. The van der Waals surface area contributed by atoms with E-state index in [1.807, 2.05) is 6.92 Å². The number of nitrogens with one attached hydrogen (secondary N) is 3. The van der Waals surface area contributed by atoms with E-state index in [4.69, 9.17) is 29.4 Å². The fourth-order valence-corrected chi connectivity index (χ4v) is 3.79. The van der Waals surface area contributed by atoms with E-state index < -0.39 is 72.6 Å². The maximum Gasteiger partial charge on any atom is 0.452 e. The Bertz CT molecular complexity index is 1260. The zero-order valence-electron chi connectivity index (χ0n) is 29.6. The van der Waals surface area contributed by atoms with Crippen molar-refractivity contribution in [2.45, 2.75) is 84.3 Å². The standard InChI is InChI=1S/C32H51N7O11/c1-7-8-15-48-22(2)27(35-26(41)21-47-18-17-46-16-14-34-30(44)50-32(3,4)5)28(42)38-39(6)29(43)24(19-25(33)40)36-37-31(45)49-20-23-12-10-9-11-13-23/h9-13,22,24,27H,7-8,14-21H2,1-6H3,(H2,33,40)(H,34,44)(H,35,41)(H,38,42)/t22?,24-,27-/m1/s1. The lowest BCUT2D eigenvalue weighted by Gasteiger charge is -2.28. The molecule has 3 atom stereocenters. The smallest absolute Gasteiger partial charge is 0.444 e. The van der Waals surface area contributed by atoms with Crippen molar-refractivity contribution >= 4 is 35.8 Å². The Morgan fingerprint density at radius 2 is 1.66 bits per heavy atom. The van der Waals surface area contributed by atoms with Gasteiger partial charge in [0.25, 0.3) is 11.8 Å². The summed E-state index contributed by atoms with van der Waals surface area (Å²) in [5.74, 6) is -3.31. The largest absolute Gasteiger partial charge is 0.452 e. The Labute approximate surface area is 292 Å². The highest BCUT2D eigenvalue weighted by atomic mass is 16.6. The minimum atomic E-state index is -1.56. The zero-order chi connectivity index (χ0) is 37.5. The maximum atomic E-state index is 13.3. The normalized spacial score (nSPS) is 13.1. The number of hydrazine groups is 1. The van der Waals surface area contributed by atoms with Gasteiger partial charge in [0.1, 0.15) is 24.9 Å². The number of ether oxygens (including phenoxy) is 5. The molecular weight excluding hydrogens is 658 g/mol. The number of azo groups is 1. The second-order valence-corrected chi connectivity index (χ2v) is 11.9. The molecule has 0 heterocycles. The van der Waals surface area contributed by atoms with Crippen molar-refractivity contribution in [2.75, 3.05) is 46.6 Å². The van der Waals surface area contributed by atoms with Crippen LogP contribution in [0.2, 0.25) is 0 Å². The lowest BCUT2D eigenvalue weighted by atomic mass is 10.1. The van der Waals surface area contributed by atoms with Crippen LogP contribution in [0.4, 0.5) is 9.59 Å². The van der Waals surface area contributed by atoms with Crippen molar-refractivity contribution in [3.05, 3.63) is 35.9 Å². The number of nitrogens with zero attached hydrogens (tertiary/aromatic N) is 3. The van der Waals surface area contributed by atoms with Crippen LogP contribution in [-0.4, -0.2) is 111 Å². The van der Waals surface area contributed by atoms with Crippen LogP contribution < -0.4 is 21.8 Å². The van der Waals surface area contributed by atoms with Gasteiger partial charge in [0, 0.05) is 20.2 Å². The Balaban J connectivity index is 2.71. The summed E-state index contributed by atoms with van der Waals surface area (Å²) in [7, 11) is 1.19. The molecule has 0 radical (unpaired) electrons. The van der Waals surface area contributed by atoms with Gasteiger partial charge < -0.3 is 40.1 Å². The van der Waals surface area contributed by atoms with Gasteiger partial charge in [0.15, 0.2) is 6.04 Å². The Morgan fingerprint density at radius 3 is 2.30 bits per heavy atom. The van der Waals surface area contributed by atoms with E-state index in [0.717, 1.165) is 11.4 Å². The fourth-order valence-electron chi connectivity index (χ4n) is 3.79. The number of likely N-dealkylation sites (N-methyl/N-ethyl adjacent to an activating group) is 1. The predicted molar refractivity (Wildman–Crippen MR) is 178 cm³/mol. The fraction of sp³-hybridized carbons (Fsp3) is 0.625. The SMILES string of the molecule is CCCCOC(C)[C@@H](NC(=O)COCCOCCNC(=O)OC(C)(C)C)C(=O)NN(C)C(=O)[C@@H](CC(N)=O)N=NC(=O)OCc1ccccc1. The zero-order valence-corrected chi connectivity index (χ0v) is 29.6. The van der Waals surface area contributed by atoms with Gasteiger partial charge in [-0.3, -0.25) is 29.6 Å². The van der Waals surface area contributed by atoms with E-state index in [1.54, 1.807) is 58.0 Å². The third kappa shape index (κ3) is 20.0. The van der Waals surface area contributed by atoms with Gasteiger partial charge in [-0.15, -0.1) is 0 Å². The average Bonchev–Trinajstić information content (AvgIpc) is 3.04. The molecule has 1 rings (SSSR count). The van der Waals surface area contributed by atoms with Crippen LogP contribution in [0.1, 0.15) is 59.4 Å². The molecule has 280 valence electrons. The molecule has 1 unspecified atom stereocenters. The topological polar surface area (TPSA) is 239 Å².